The summed E-state index contributed by atoms with van der Waals surface area (Å²) in [5.41, 5.74) is 6.99. The zero-order valence-corrected chi connectivity index (χ0v) is 18.2. The van der Waals surface area contributed by atoms with E-state index in [0.717, 1.165) is 41.1 Å². The first-order valence-electron chi connectivity index (χ1n) is 9.64. The molecule has 0 aromatic heterocycles. The van der Waals surface area contributed by atoms with Gasteiger partial charge in [0.1, 0.15) is 5.82 Å². The summed E-state index contributed by atoms with van der Waals surface area (Å²) in [4.78, 5) is 6.48. The van der Waals surface area contributed by atoms with Gasteiger partial charge in [0.05, 0.1) is 11.4 Å². The van der Waals surface area contributed by atoms with E-state index in [2.05, 4.69) is 76.1 Å². The van der Waals surface area contributed by atoms with Gasteiger partial charge in [-0.05, 0) is 50.8 Å². The van der Waals surface area contributed by atoms with Crippen molar-refractivity contribution < 1.29 is 0 Å². The fourth-order valence-electron chi connectivity index (χ4n) is 2.83. The van der Waals surface area contributed by atoms with E-state index < -0.39 is 0 Å². The predicted molar refractivity (Wildman–Crippen MR) is 125 cm³/mol. The molecule has 0 aromatic carbocycles. The first kappa shape index (κ1) is 23.2. The molecule has 0 bridgehead atoms. The normalized spacial score (nSPS) is 16.2. The van der Waals surface area contributed by atoms with Crippen LogP contribution < -0.4 is 5.32 Å². The lowest BCUT2D eigenvalue weighted by atomic mass is 10.0. The molecule has 1 aliphatic rings. The van der Waals surface area contributed by atoms with Gasteiger partial charge in [-0.3, -0.25) is 0 Å². The first-order chi connectivity index (χ1) is 13.1. The van der Waals surface area contributed by atoms with Gasteiger partial charge in [-0.15, -0.1) is 0 Å². The minimum Gasteiger partial charge on any atom is -0.377 e. The van der Waals surface area contributed by atoms with Crippen LogP contribution in [0.2, 0.25) is 0 Å². The number of rotatable bonds is 10. The van der Waals surface area contributed by atoms with Crippen LogP contribution in [-0.2, 0) is 0 Å². The molecule has 0 amide bonds. The first-order valence-corrected chi connectivity index (χ1v) is 9.64. The summed E-state index contributed by atoms with van der Waals surface area (Å²) >= 11 is 0. The van der Waals surface area contributed by atoms with Crippen molar-refractivity contribution >= 4 is 5.71 Å². The summed E-state index contributed by atoms with van der Waals surface area (Å²) in [7, 11) is 1.93. The van der Waals surface area contributed by atoms with Crippen molar-refractivity contribution in [1.82, 2.24) is 10.2 Å². The van der Waals surface area contributed by atoms with Crippen molar-refractivity contribution in [3.63, 3.8) is 0 Å². The second kappa shape index (κ2) is 10.5. The van der Waals surface area contributed by atoms with E-state index in [-0.39, 0.29) is 6.04 Å². The maximum Gasteiger partial charge on any atom is 0.126 e. The highest BCUT2D eigenvalue weighted by atomic mass is 15.2. The van der Waals surface area contributed by atoms with Crippen LogP contribution in [0.4, 0.5) is 0 Å². The number of hydrogen-bond acceptors (Lipinski definition) is 3. The molecule has 0 saturated carbocycles. The van der Waals surface area contributed by atoms with Crippen LogP contribution in [0.1, 0.15) is 40.5 Å². The minimum absolute atomic E-state index is 0.0605. The fourth-order valence-corrected chi connectivity index (χ4v) is 2.83. The van der Waals surface area contributed by atoms with Gasteiger partial charge in [0.25, 0.3) is 0 Å². The van der Waals surface area contributed by atoms with E-state index >= 15 is 0 Å². The summed E-state index contributed by atoms with van der Waals surface area (Å²) in [6.45, 7) is 28.5. The van der Waals surface area contributed by atoms with Crippen LogP contribution in [-0.4, -0.2) is 23.7 Å². The van der Waals surface area contributed by atoms with E-state index in [1.54, 1.807) is 0 Å². The average molecular weight is 378 g/mol. The van der Waals surface area contributed by atoms with Crippen LogP contribution in [0.25, 0.3) is 0 Å². The largest absolute Gasteiger partial charge is 0.377 e. The molecule has 1 N–H and O–H groups in total. The van der Waals surface area contributed by atoms with E-state index in [4.69, 9.17) is 0 Å². The van der Waals surface area contributed by atoms with Crippen LogP contribution >= 0.6 is 0 Å². The molecule has 0 aromatic rings. The van der Waals surface area contributed by atoms with Crippen molar-refractivity contribution in [3.05, 3.63) is 96.7 Å². The highest BCUT2D eigenvalue weighted by Gasteiger charge is 2.18. The zero-order chi connectivity index (χ0) is 21.4. The molecular weight excluding hydrogens is 342 g/mol. The molecule has 0 saturated heterocycles. The minimum atomic E-state index is 0.0605. The van der Waals surface area contributed by atoms with E-state index in [1.165, 1.54) is 11.1 Å². The Morgan fingerprint density at radius 2 is 1.89 bits per heavy atom. The predicted octanol–water partition coefficient (Wildman–Crippen LogP) is 6.21. The molecule has 1 unspecified atom stereocenters. The summed E-state index contributed by atoms with van der Waals surface area (Å²) in [6, 6.07) is 0.0605. The molecule has 3 nitrogen and oxygen atoms in total. The fraction of sp³-hybridized carbons (Fsp3) is 0.320. The summed E-state index contributed by atoms with van der Waals surface area (Å²) in [5.74, 6) is 0.669. The topological polar surface area (TPSA) is 27.6 Å². The molecule has 1 atom stereocenters. The second-order valence-corrected chi connectivity index (χ2v) is 7.11. The van der Waals surface area contributed by atoms with Crippen LogP contribution in [0.15, 0.2) is 102 Å². The molecule has 0 spiro atoms. The zero-order valence-electron chi connectivity index (χ0n) is 18.2. The van der Waals surface area contributed by atoms with E-state index in [1.807, 2.05) is 31.0 Å². The highest BCUT2D eigenvalue weighted by Crippen LogP contribution is 2.23. The van der Waals surface area contributed by atoms with Gasteiger partial charge in [-0.25, -0.2) is 4.99 Å². The summed E-state index contributed by atoms with van der Waals surface area (Å²) in [5, 5.41) is 3.43. The Bertz CT molecular complexity index is 800. The maximum atomic E-state index is 4.55. The quantitative estimate of drug-likeness (QED) is 0.458. The molecule has 1 rings (SSSR count). The number of allylic oxidation sites excluding steroid dienone is 6. The van der Waals surface area contributed by atoms with Gasteiger partial charge in [0.2, 0.25) is 0 Å². The van der Waals surface area contributed by atoms with Gasteiger partial charge < -0.3 is 10.2 Å². The third-order valence-corrected chi connectivity index (χ3v) is 4.91. The van der Waals surface area contributed by atoms with Crippen molar-refractivity contribution in [2.45, 2.75) is 46.6 Å². The van der Waals surface area contributed by atoms with Crippen molar-refractivity contribution in [1.29, 1.82) is 0 Å². The van der Waals surface area contributed by atoms with Gasteiger partial charge >= 0.3 is 0 Å². The molecule has 3 heteroatoms. The number of hydrogen-bond donors (Lipinski definition) is 1. The van der Waals surface area contributed by atoms with E-state index in [9.17, 15) is 0 Å². The van der Waals surface area contributed by atoms with Gasteiger partial charge in [0, 0.05) is 18.8 Å². The number of aliphatic imine (C=N–C) groups is 1. The lowest BCUT2D eigenvalue weighted by Crippen LogP contribution is -2.32. The van der Waals surface area contributed by atoms with Crippen LogP contribution in [0.3, 0.4) is 0 Å². The number of nitrogens with one attached hydrogen (secondary N) is 1. The van der Waals surface area contributed by atoms with Gasteiger partial charge in [-0.2, -0.15) is 0 Å². The summed E-state index contributed by atoms with van der Waals surface area (Å²) in [6.07, 6.45) is 10.1. The third kappa shape index (κ3) is 6.12. The Labute approximate surface area is 171 Å². The second-order valence-electron chi connectivity index (χ2n) is 7.11. The Morgan fingerprint density at radius 3 is 2.43 bits per heavy atom. The van der Waals surface area contributed by atoms with Crippen molar-refractivity contribution in [2.75, 3.05) is 7.05 Å². The lowest BCUT2D eigenvalue weighted by Gasteiger charge is -2.28. The molecule has 28 heavy (non-hydrogen) atoms. The highest BCUT2D eigenvalue weighted by molar-refractivity contribution is 6.09. The summed E-state index contributed by atoms with van der Waals surface area (Å²) < 4.78 is 0. The van der Waals surface area contributed by atoms with Crippen molar-refractivity contribution in [3.8, 4) is 0 Å². The standard InChI is InChI=1S/C25H35N3/c1-11-18(5)19(6)14-13-15-23(12-2)20(7)26-21(8)24-16-25(17(3)4)28(10)22(9)27-24/h12,14-16,20,26H,2-3,5,8-9,11,13H2,1,4,6-7,10H3/b19-14+,23-15?. The van der Waals surface area contributed by atoms with E-state index in [0.29, 0.717) is 5.82 Å². The molecule has 1 heterocycles. The smallest absolute Gasteiger partial charge is 0.126 e. The molecule has 1 aliphatic heterocycles. The maximum absolute atomic E-state index is 4.55. The molecule has 0 aliphatic carbocycles. The number of likely N-dealkylation sites (N-methyl/N-ethyl adjacent to an activating group) is 1. The third-order valence-electron chi connectivity index (χ3n) is 4.91. The Balaban J connectivity index is 2.89. The Morgan fingerprint density at radius 1 is 1.25 bits per heavy atom. The molecule has 150 valence electrons. The number of nitrogens with zero attached hydrogens (tertiary/aromatic N) is 2. The van der Waals surface area contributed by atoms with Gasteiger partial charge in [-0.1, -0.05) is 69.2 Å². The average Bonchev–Trinajstić information content (AvgIpc) is 2.65. The Hall–Kier alpha value is -2.81. The SMILES string of the molecule is C=CC(=CC/C=C(\C)C(=C)CC)C(C)NC(=C)C1=NC(=C)N(C)C(C(=C)C)=C1. The molecular formula is C25H35N3. The monoisotopic (exact) mass is 377 g/mol. The lowest BCUT2D eigenvalue weighted by molar-refractivity contribution is 0.520. The molecule has 0 fully saturated rings. The van der Waals surface area contributed by atoms with Crippen LogP contribution in [0, 0.1) is 0 Å². The molecule has 0 radical (unpaired) electrons. The van der Waals surface area contributed by atoms with Gasteiger partial charge in [0.15, 0.2) is 0 Å². The Kier molecular flexibility index (Phi) is 8.72. The van der Waals surface area contributed by atoms with Crippen LogP contribution in [0.5, 0.6) is 0 Å². The van der Waals surface area contributed by atoms with Crippen molar-refractivity contribution in [2.24, 2.45) is 4.99 Å².